The van der Waals surface area contributed by atoms with Crippen molar-refractivity contribution in [2.75, 3.05) is 10.6 Å². The van der Waals surface area contributed by atoms with Gasteiger partial charge in [-0.2, -0.15) is 0 Å². The van der Waals surface area contributed by atoms with Crippen molar-refractivity contribution in [3.63, 3.8) is 0 Å². The van der Waals surface area contributed by atoms with Crippen LogP contribution in [0, 0.1) is 10.7 Å². The van der Waals surface area contributed by atoms with Gasteiger partial charge < -0.3 is 20.5 Å². The van der Waals surface area contributed by atoms with Crippen LogP contribution in [0.2, 0.25) is 0 Å². The average molecular weight is 756 g/mol. The number of aliphatic carboxylic acids is 1. The summed E-state index contributed by atoms with van der Waals surface area (Å²) in [5.41, 5.74) is -0.846. The van der Waals surface area contributed by atoms with Crippen LogP contribution in [-0.4, -0.2) is 34.5 Å². The van der Waals surface area contributed by atoms with Crippen LogP contribution in [0.1, 0.15) is 63.7 Å². The lowest BCUT2D eigenvalue weighted by Crippen LogP contribution is -2.43. The van der Waals surface area contributed by atoms with E-state index in [1.54, 1.807) is 6.92 Å². The van der Waals surface area contributed by atoms with Crippen molar-refractivity contribution in [1.29, 1.82) is 0 Å². The summed E-state index contributed by atoms with van der Waals surface area (Å²) in [4.78, 5) is 48.6. The van der Waals surface area contributed by atoms with Crippen molar-refractivity contribution in [3.05, 3.63) is 16.3 Å². The van der Waals surface area contributed by atoms with Crippen LogP contribution in [-0.2, 0) is 19.1 Å². The Balaban J connectivity index is 3.64. The summed E-state index contributed by atoms with van der Waals surface area (Å²) >= 11 is 5.81. The zero-order valence-electron chi connectivity index (χ0n) is 17.0. The molecule has 0 saturated carbocycles. The Hall–Kier alpha value is -0.710. The molecule has 30 heavy (non-hydrogen) atoms. The summed E-state index contributed by atoms with van der Waals surface area (Å²) in [6.07, 6.45) is 1.64. The van der Waals surface area contributed by atoms with Gasteiger partial charge in [-0.25, -0.2) is 9.59 Å². The number of halogens is 3. The number of carboxylic acids is 1. The summed E-state index contributed by atoms with van der Waals surface area (Å²) in [7, 11) is 0. The van der Waals surface area contributed by atoms with Crippen molar-refractivity contribution in [1.82, 2.24) is 0 Å². The maximum absolute atomic E-state index is 13.2. The fourth-order valence-electron chi connectivity index (χ4n) is 2.71. The monoisotopic (exact) mass is 756 g/mol. The lowest BCUT2D eigenvalue weighted by molar-refractivity contribution is -0.160. The molecule has 1 rings (SSSR count). The van der Waals surface area contributed by atoms with Gasteiger partial charge in [-0.3, -0.25) is 9.59 Å². The second-order valence-corrected chi connectivity index (χ2v) is 9.81. The number of esters is 1. The Morgan fingerprint density at radius 3 is 1.73 bits per heavy atom. The number of anilines is 2. The van der Waals surface area contributed by atoms with E-state index >= 15 is 0 Å². The predicted molar refractivity (Wildman–Crippen MR) is 139 cm³/mol. The number of carbonyl (C=O) groups excluding carboxylic acids is 3. The molecule has 0 aliphatic carbocycles. The Labute approximate surface area is 216 Å². The minimum Gasteiger partial charge on any atom is -0.478 e. The van der Waals surface area contributed by atoms with Gasteiger partial charge in [0.25, 0.3) is 0 Å². The highest BCUT2D eigenvalue weighted by molar-refractivity contribution is 14.1. The van der Waals surface area contributed by atoms with Gasteiger partial charge in [0.15, 0.2) is 0 Å². The number of nitrogens with one attached hydrogen (secondary N) is 2. The Kier molecular flexibility index (Phi) is 10.7. The molecule has 0 spiro atoms. The molecule has 11 heteroatoms. The van der Waals surface area contributed by atoms with Gasteiger partial charge in [0.2, 0.25) is 17.4 Å². The third-order valence-corrected chi connectivity index (χ3v) is 7.54. The number of benzene rings is 1. The third kappa shape index (κ3) is 6.40. The van der Waals surface area contributed by atoms with E-state index < -0.39 is 17.5 Å². The van der Waals surface area contributed by atoms with Crippen LogP contribution in [0.3, 0.4) is 0 Å². The van der Waals surface area contributed by atoms with E-state index in [1.807, 2.05) is 74.7 Å². The Morgan fingerprint density at radius 2 is 1.40 bits per heavy atom. The number of hydrogen-bond donors (Lipinski definition) is 3. The van der Waals surface area contributed by atoms with E-state index in [9.17, 15) is 24.3 Å². The number of amides is 2. The summed E-state index contributed by atoms with van der Waals surface area (Å²) in [6, 6.07) is 0. The number of hydrogen-bond acceptors (Lipinski definition) is 5. The Morgan fingerprint density at radius 1 is 0.933 bits per heavy atom. The average Bonchev–Trinajstić information content (AvgIpc) is 2.65. The van der Waals surface area contributed by atoms with Crippen LogP contribution in [0.5, 0.6) is 0 Å². The summed E-state index contributed by atoms with van der Waals surface area (Å²) < 4.78 is 6.94. The number of unbranched alkanes of at least 4 members (excludes halogenated alkanes) is 1. The normalized spacial score (nSPS) is 12.6. The van der Waals surface area contributed by atoms with Gasteiger partial charge in [0, 0.05) is 13.8 Å². The maximum Gasteiger partial charge on any atom is 0.348 e. The fourth-order valence-corrected chi connectivity index (χ4v) is 6.85. The van der Waals surface area contributed by atoms with Crippen LogP contribution >= 0.6 is 67.8 Å². The Bertz CT molecular complexity index is 831. The molecule has 0 bridgehead atoms. The maximum atomic E-state index is 13.2. The van der Waals surface area contributed by atoms with Crippen molar-refractivity contribution in [3.8, 4) is 0 Å². The van der Waals surface area contributed by atoms with Crippen LogP contribution in [0.4, 0.5) is 11.4 Å². The molecule has 1 unspecified atom stereocenters. The largest absolute Gasteiger partial charge is 0.478 e. The van der Waals surface area contributed by atoms with Crippen molar-refractivity contribution in [2.24, 2.45) is 0 Å². The zero-order valence-corrected chi connectivity index (χ0v) is 23.4. The van der Waals surface area contributed by atoms with Gasteiger partial charge in [0.05, 0.1) is 27.6 Å². The highest BCUT2D eigenvalue weighted by atomic mass is 127. The lowest BCUT2D eigenvalue weighted by atomic mass is 9.93. The molecule has 0 heterocycles. The van der Waals surface area contributed by atoms with E-state index in [-0.39, 0.29) is 30.2 Å². The quantitative estimate of drug-likeness (QED) is 0.241. The van der Waals surface area contributed by atoms with Gasteiger partial charge in [0.1, 0.15) is 0 Å². The smallest absolute Gasteiger partial charge is 0.348 e. The number of ether oxygens (including phenoxy) is 1. The van der Waals surface area contributed by atoms with Gasteiger partial charge in [-0.05, 0) is 87.0 Å². The van der Waals surface area contributed by atoms with E-state index in [0.29, 0.717) is 28.5 Å². The predicted octanol–water partition coefficient (Wildman–Crippen LogP) is 5.00. The second kappa shape index (κ2) is 11.8. The fraction of sp³-hybridized carbons (Fsp3) is 0.474. The van der Waals surface area contributed by atoms with Crippen molar-refractivity contribution < 1.29 is 29.0 Å². The molecule has 3 N–H and O–H groups in total. The van der Waals surface area contributed by atoms with Gasteiger partial charge >= 0.3 is 11.9 Å². The number of carboxylic acid groups (broad SMARTS) is 1. The molecule has 8 nitrogen and oxygen atoms in total. The summed E-state index contributed by atoms with van der Waals surface area (Å²) in [6.45, 7) is 6.25. The second-order valence-electron chi connectivity index (χ2n) is 6.58. The zero-order chi connectivity index (χ0) is 23.2. The molecule has 0 saturated heterocycles. The molecular formula is C19H23I3N2O6. The van der Waals surface area contributed by atoms with Crippen LogP contribution < -0.4 is 10.6 Å². The highest BCUT2D eigenvalue weighted by Crippen LogP contribution is 2.40. The molecular weight excluding hydrogens is 733 g/mol. The standard InChI is InChI=1S/C19H23I3N2O6/c1-5-7-8-19(6-2,18(28)29)30-17(27)11-12(20)15(23-9(3)25)14(22)16(13(11)21)24-10(4)26/h5-8H2,1-4H3,(H,23,25)(H,24,26)(H,28,29). The molecule has 0 radical (unpaired) electrons. The topological polar surface area (TPSA) is 122 Å². The minimum atomic E-state index is -1.65. The number of carbonyl (C=O) groups is 4. The summed E-state index contributed by atoms with van der Waals surface area (Å²) in [5, 5.41) is 15.1. The molecule has 0 aromatic heterocycles. The third-order valence-electron chi connectivity index (χ3n) is 4.31. The first-order valence-corrected chi connectivity index (χ1v) is 12.4. The van der Waals surface area contributed by atoms with Crippen LogP contribution in [0.25, 0.3) is 0 Å². The van der Waals surface area contributed by atoms with Crippen molar-refractivity contribution in [2.45, 2.75) is 59.0 Å². The van der Waals surface area contributed by atoms with Gasteiger partial charge in [-0.1, -0.05) is 20.3 Å². The van der Waals surface area contributed by atoms with E-state index in [2.05, 4.69) is 10.6 Å². The highest BCUT2D eigenvalue weighted by Gasteiger charge is 2.41. The van der Waals surface area contributed by atoms with Crippen LogP contribution in [0.15, 0.2) is 0 Å². The lowest BCUT2D eigenvalue weighted by Gasteiger charge is -2.29. The van der Waals surface area contributed by atoms with Gasteiger partial charge in [-0.15, -0.1) is 0 Å². The molecule has 0 aliphatic heterocycles. The molecule has 166 valence electrons. The first-order chi connectivity index (χ1) is 13.9. The molecule has 2 amide bonds. The molecule has 0 fully saturated rings. The van der Waals surface area contributed by atoms with Crippen molar-refractivity contribution >= 4 is 103 Å². The van der Waals surface area contributed by atoms with E-state index in [0.717, 1.165) is 6.42 Å². The molecule has 1 aromatic carbocycles. The molecule has 1 atom stereocenters. The molecule has 1 aromatic rings. The summed E-state index contributed by atoms with van der Waals surface area (Å²) in [5.74, 6) is -2.72. The van der Waals surface area contributed by atoms with E-state index in [1.165, 1.54) is 13.8 Å². The minimum absolute atomic E-state index is 0.0969. The van der Waals surface area contributed by atoms with E-state index in [4.69, 9.17) is 4.74 Å². The number of rotatable bonds is 9. The SMILES string of the molecule is CCCCC(CC)(OC(=O)c1c(I)c(NC(C)=O)c(I)c(NC(C)=O)c1I)C(=O)O. The molecule has 0 aliphatic rings. The first kappa shape index (κ1) is 27.3. The first-order valence-electron chi connectivity index (χ1n) is 9.14.